The molecular weight excluding hydrogens is 392 g/mol. The zero-order valence-corrected chi connectivity index (χ0v) is 12.3. The third-order valence-corrected chi connectivity index (χ3v) is 8.18. The molecule has 0 aromatic rings. The molecule has 0 saturated carbocycles. The van der Waals surface area contributed by atoms with Crippen molar-refractivity contribution in [3.05, 3.63) is 0 Å². The second kappa shape index (κ2) is 4.24. The molecule has 2 unspecified atom stereocenters. The molecule has 0 N–H and O–H groups in total. The SMILES string of the molecule is CC(Br)(CBr)C(C)(Br)CBr. The van der Waals surface area contributed by atoms with Crippen LogP contribution in [0.2, 0.25) is 0 Å². The minimum Gasteiger partial charge on any atom is -0.0912 e. The molecule has 0 spiro atoms. The summed E-state index contributed by atoms with van der Waals surface area (Å²) in [6, 6.07) is 0. The van der Waals surface area contributed by atoms with Crippen LogP contribution in [-0.4, -0.2) is 19.3 Å². The van der Waals surface area contributed by atoms with E-state index in [4.69, 9.17) is 0 Å². The molecule has 0 aliphatic carbocycles. The van der Waals surface area contributed by atoms with E-state index in [9.17, 15) is 0 Å². The van der Waals surface area contributed by atoms with E-state index in [-0.39, 0.29) is 8.65 Å². The highest BCUT2D eigenvalue weighted by Gasteiger charge is 2.38. The normalized spacial score (nSPS) is 23.4. The van der Waals surface area contributed by atoms with E-state index in [1.807, 2.05) is 0 Å². The quantitative estimate of drug-likeness (QED) is 0.625. The van der Waals surface area contributed by atoms with Crippen LogP contribution in [0.3, 0.4) is 0 Å². The van der Waals surface area contributed by atoms with Crippen LogP contribution in [0.1, 0.15) is 13.8 Å². The van der Waals surface area contributed by atoms with Crippen molar-refractivity contribution in [3.63, 3.8) is 0 Å². The average Bonchev–Trinajstić information content (AvgIpc) is 1.88. The summed E-state index contributed by atoms with van der Waals surface area (Å²) in [5.74, 6) is 0. The lowest BCUT2D eigenvalue weighted by Crippen LogP contribution is -2.42. The Bertz CT molecular complexity index is 94.3. The minimum atomic E-state index is 0.0868. The molecule has 0 bridgehead atoms. The van der Waals surface area contributed by atoms with E-state index < -0.39 is 0 Å². The highest BCUT2D eigenvalue weighted by atomic mass is 79.9. The average molecular weight is 402 g/mol. The summed E-state index contributed by atoms with van der Waals surface area (Å²) in [6.45, 7) is 4.30. The Morgan fingerprint density at radius 2 is 1.10 bits per heavy atom. The largest absolute Gasteiger partial charge is 0.0912 e. The van der Waals surface area contributed by atoms with Crippen molar-refractivity contribution < 1.29 is 0 Å². The molecule has 62 valence electrons. The summed E-state index contributed by atoms with van der Waals surface area (Å²) in [5, 5.41) is 1.85. The molecule has 0 aliphatic heterocycles. The van der Waals surface area contributed by atoms with Crippen LogP contribution in [0.15, 0.2) is 0 Å². The monoisotopic (exact) mass is 398 g/mol. The Balaban J connectivity index is 4.28. The van der Waals surface area contributed by atoms with Crippen molar-refractivity contribution in [2.45, 2.75) is 22.5 Å². The molecule has 0 aliphatic rings. The third-order valence-electron chi connectivity index (χ3n) is 1.59. The summed E-state index contributed by atoms with van der Waals surface area (Å²) in [6.07, 6.45) is 0. The number of alkyl halides is 4. The van der Waals surface area contributed by atoms with Gasteiger partial charge in [0.25, 0.3) is 0 Å². The van der Waals surface area contributed by atoms with Gasteiger partial charge in [-0.3, -0.25) is 0 Å². The molecule has 0 nitrogen and oxygen atoms in total. The maximum absolute atomic E-state index is 3.64. The first-order chi connectivity index (χ1) is 4.37. The number of halogens is 4. The fourth-order valence-corrected chi connectivity index (χ4v) is 2.55. The van der Waals surface area contributed by atoms with E-state index in [2.05, 4.69) is 77.6 Å². The number of rotatable bonds is 3. The standard InChI is InChI=1S/C6H10Br4/c1-5(9,3-7)6(2,10)4-8/h3-4H2,1-2H3. The highest BCUT2D eigenvalue weighted by Crippen LogP contribution is 2.40. The van der Waals surface area contributed by atoms with Gasteiger partial charge in [-0.1, -0.05) is 63.7 Å². The molecule has 0 rings (SSSR count). The molecule has 0 saturated heterocycles. The van der Waals surface area contributed by atoms with E-state index >= 15 is 0 Å². The van der Waals surface area contributed by atoms with Crippen LogP contribution >= 0.6 is 63.7 Å². The molecule has 0 heterocycles. The van der Waals surface area contributed by atoms with Crippen LogP contribution in [0.5, 0.6) is 0 Å². The van der Waals surface area contributed by atoms with Crippen molar-refractivity contribution in [1.29, 1.82) is 0 Å². The van der Waals surface area contributed by atoms with Crippen LogP contribution in [0.4, 0.5) is 0 Å². The van der Waals surface area contributed by atoms with Gasteiger partial charge in [-0.25, -0.2) is 0 Å². The molecule has 0 fully saturated rings. The van der Waals surface area contributed by atoms with E-state index in [1.54, 1.807) is 0 Å². The van der Waals surface area contributed by atoms with Gasteiger partial charge in [-0.05, 0) is 13.8 Å². The van der Waals surface area contributed by atoms with Gasteiger partial charge in [0.1, 0.15) is 0 Å². The zero-order chi connectivity index (χ0) is 8.41. The molecular formula is C6H10Br4. The molecule has 0 aromatic carbocycles. The zero-order valence-electron chi connectivity index (χ0n) is 5.93. The Hall–Kier alpha value is 1.92. The first-order valence-corrected chi connectivity index (χ1v) is 6.70. The van der Waals surface area contributed by atoms with E-state index in [0.29, 0.717) is 0 Å². The Labute approximate surface area is 96.0 Å². The first-order valence-electron chi connectivity index (χ1n) is 2.87. The van der Waals surface area contributed by atoms with Gasteiger partial charge in [-0.2, -0.15) is 0 Å². The van der Waals surface area contributed by atoms with E-state index in [1.165, 1.54) is 0 Å². The summed E-state index contributed by atoms with van der Waals surface area (Å²) in [7, 11) is 0. The van der Waals surface area contributed by atoms with Gasteiger partial charge in [0.05, 0.1) is 0 Å². The van der Waals surface area contributed by atoms with Crippen LogP contribution in [0, 0.1) is 0 Å². The van der Waals surface area contributed by atoms with Gasteiger partial charge >= 0.3 is 0 Å². The molecule has 2 atom stereocenters. The summed E-state index contributed by atoms with van der Waals surface area (Å²) >= 11 is 14.2. The molecule has 0 aromatic heterocycles. The predicted molar refractivity (Wildman–Crippen MR) is 62.3 cm³/mol. The summed E-state index contributed by atoms with van der Waals surface area (Å²) in [4.78, 5) is 0. The highest BCUT2D eigenvalue weighted by molar-refractivity contribution is 9.14. The van der Waals surface area contributed by atoms with Gasteiger partial charge in [0.2, 0.25) is 0 Å². The van der Waals surface area contributed by atoms with Crippen molar-refractivity contribution >= 4 is 63.7 Å². The Morgan fingerprint density at radius 1 is 0.900 bits per heavy atom. The predicted octanol–water partition coefficient (Wildman–Crippen LogP) is 4.08. The molecule has 4 heteroatoms. The third kappa shape index (κ3) is 2.76. The van der Waals surface area contributed by atoms with Crippen molar-refractivity contribution in [2.75, 3.05) is 10.7 Å². The van der Waals surface area contributed by atoms with Crippen LogP contribution in [-0.2, 0) is 0 Å². The fraction of sp³-hybridized carbons (Fsp3) is 1.00. The lowest BCUT2D eigenvalue weighted by atomic mass is 10.0. The lowest BCUT2D eigenvalue weighted by Gasteiger charge is -2.35. The summed E-state index contributed by atoms with van der Waals surface area (Å²) in [5.41, 5.74) is 0. The van der Waals surface area contributed by atoms with E-state index in [0.717, 1.165) is 10.7 Å². The minimum absolute atomic E-state index is 0.0868. The number of hydrogen-bond donors (Lipinski definition) is 0. The van der Waals surface area contributed by atoms with Crippen molar-refractivity contribution in [1.82, 2.24) is 0 Å². The van der Waals surface area contributed by atoms with Gasteiger partial charge < -0.3 is 0 Å². The van der Waals surface area contributed by atoms with Crippen molar-refractivity contribution in [3.8, 4) is 0 Å². The first kappa shape index (κ1) is 11.9. The molecule has 0 amide bonds. The topological polar surface area (TPSA) is 0 Å². The van der Waals surface area contributed by atoms with Crippen LogP contribution in [0.25, 0.3) is 0 Å². The van der Waals surface area contributed by atoms with Gasteiger partial charge in [-0.15, -0.1) is 0 Å². The summed E-state index contributed by atoms with van der Waals surface area (Å²) < 4.78 is 0.174. The Morgan fingerprint density at radius 3 is 1.20 bits per heavy atom. The maximum Gasteiger partial charge on any atom is 0.0484 e. The smallest absolute Gasteiger partial charge is 0.0484 e. The maximum atomic E-state index is 3.64. The second-order valence-electron chi connectivity index (χ2n) is 2.66. The Kier molecular flexibility index (Phi) is 5.05. The number of hydrogen-bond acceptors (Lipinski definition) is 0. The second-order valence-corrected chi connectivity index (χ2v) is 7.28. The lowest BCUT2D eigenvalue weighted by molar-refractivity contribution is 0.597. The van der Waals surface area contributed by atoms with Crippen LogP contribution < -0.4 is 0 Å². The van der Waals surface area contributed by atoms with Crippen molar-refractivity contribution in [2.24, 2.45) is 0 Å². The van der Waals surface area contributed by atoms with Gasteiger partial charge in [0, 0.05) is 19.3 Å². The molecule has 10 heavy (non-hydrogen) atoms. The van der Waals surface area contributed by atoms with Gasteiger partial charge in [0.15, 0.2) is 0 Å². The fourth-order valence-electron chi connectivity index (χ4n) is 0.279. The molecule has 0 radical (unpaired) electrons.